The molecule has 1 saturated carbocycles. The molecule has 17 heavy (non-hydrogen) atoms. The number of hydrogen-bond donors (Lipinski definition) is 3. The molecule has 0 unspecified atom stereocenters. The molecular formula is C10H19NO5S. The van der Waals surface area contributed by atoms with Gasteiger partial charge in [-0.1, -0.05) is 12.8 Å². The van der Waals surface area contributed by atoms with Crippen LogP contribution in [0.2, 0.25) is 0 Å². The van der Waals surface area contributed by atoms with Gasteiger partial charge in [0.2, 0.25) is 10.0 Å². The molecule has 0 bridgehead atoms. The van der Waals surface area contributed by atoms with Crippen LogP contribution in [-0.2, 0) is 14.8 Å². The average molecular weight is 265 g/mol. The van der Waals surface area contributed by atoms with E-state index in [0.29, 0.717) is 12.8 Å². The lowest BCUT2D eigenvalue weighted by Crippen LogP contribution is -2.49. The maximum Gasteiger partial charge on any atom is 0.303 e. The smallest absolute Gasteiger partial charge is 0.303 e. The molecule has 100 valence electrons. The fraction of sp³-hybridized carbons (Fsp3) is 0.900. The van der Waals surface area contributed by atoms with Crippen molar-refractivity contribution in [2.45, 2.75) is 44.1 Å². The summed E-state index contributed by atoms with van der Waals surface area (Å²) in [7, 11) is -3.50. The van der Waals surface area contributed by atoms with Crippen molar-refractivity contribution in [2.24, 2.45) is 0 Å². The summed E-state index contributed by atoms with van der Waals surface area (Å²) in [4.78, 5) is 10.3. The van der Waals surface area contributed by atoms with Crippen LogP contribution >= 0.6 is 0 Å². The highest BCUT2D eigenvalue weighted by Crippen LogP contribution is 2.29. The topological polar surface area (TPSA) is 104 Å². The van der Waals surface area contributed by atoms with Crippen molar-refractivity contribution in [3.63, 3.8) is 0 Å². The number of aliphatic carboxylic acids is 1. The van der Waals surface area contributed by atoms with Crippen molar-refractivity contribution in [1.29, 1.82) is 0 Å². The third kappa shape index (κ3) is 4.61. The molecule has 0 aliphatic heterocycles. The molecule has 0 amide bonds. The summed E-state index contributed by atoms with van der Waals surface area (Å²) < 4.78 is 26.0. The van der Waals surface area contributed by atoms with Crippen LogP contribution in [0.5, 0.6) is 0 Å². The Morgan fingerprint density at radius 2 is 1.88 bits per heavy atom. The Kier molecular flexibility index (Phi) is 4.91. The molecule has 0 aromatic heterocycles. The van der Waals surface area contributed by atoms with E-state index in [0.717, 1.165) is 12.8 Å². The number of carboxylic acid groups (broad SMARTS) is 1. The highest BCUT2D eigenvalue weighted by Gasteiger charge is 2.36. The van der Waals surface area contributed by atoms with E-state index in [-0.39, 0.29) is 25.2 Å². The highest BCUT2D eigenvalue weighted by molar-refractivity contribution is 7.89. The molecule has 0 aromatic rings. The van der Waals surface area contributed by atoms with Gasteiger partial charge in [-0.15, -0.1) is 0 Å². The lowest BCUT2D eigenvalue weighted by molar-refractivity contribution is -0.137. The summed E-state index contributed by atoms with van der Waals surface area (Å²) in [6.45, 7) is -0.203. The van der Waals surface area contributed by atoms with Gasteiger partial charge < -0.3 is 10.2 Å². The minimum absolute atomic E-state index is 0.0895. The van der Waals surface area contributed by atoms with E-state index in [1.54, 1.807) is 0 Å². The van der Waals surface area contributed by atoms with Crippen LogP contribution in [0.1, 0.15) is 38.5 Å². The number of aliphatic hydroxyl groups is 1. The van der Waals surface area contributed by atoms with E-state index < -0.39 is 21.5 Å². The number of hydrogen-bond acceptors (Lipinski definition) is 4. The summed E-state index contributed by atoms with van der Waals surface area (Å²) >= 11 is 0. The predicted molar refractivity (Wildman–Crippen MR) is 62.1 cm³/mol. The fourth-order valence-electron chi connectivity index (χ4n) is 2.14. The first-order valence-electron chi connectivity index (χ1n) is 5.73. The van der Waals surface area contributed by atoms with E-state index in [1.165, 1.54) is 0 Å². The van der Waals surface area contributed by atoms with Gasteiger partial charge in [-0.3, -0.25) is 4.79 Å². The summed E-state index contributed by atoms with van der Waals surface area (Å²) in [5, 5.41) is 17.7. The minimum atomic E-state index is -3.50. The van der Waals surface area contributed by atoms with Crippen molar-refractivity contribution in [1.82, 2.24) is 4.72 Å². The summed E-state index contributed by atoms with van der Waals surface area (Å²) in [5.74, 6) is -1.21. The third-order valence-electron chi connectivity index (χ3n) is 3.04. The van der Waals surface area contributed by atoms with Crippen LogP contribution in [0.15, 0.2) is 0 Å². The quantitative estimate of drug-likeness (QED) is 0.604. The zero-order chi connectivity index (χ0) is 12.9. The van der Waals surface area contributed by atoms with Crippen LogP contribution in [-0.4, -0.2) is 42.5 Å². The van der Waals surface area contributed by atoms with Crippen LogP contribution < -0.4 is 4.72 Å². The van der Waals surface area contributed by atoms with Gasteiger partial charge in [0.1, 0.15) is 0 Å². The monoisotopic (exact) mass is 265 g/mol. The number of carboxylic acids is 1. The van der Waals surface area contributed by atoms with E-state index in [9.17, 15) is 18.3 Å². The Labute approximate surface area is 101 Å². The Morgan fingerprint density at radius 3 is 2.35 bits per heavy atom. The van der Waals surface area contributed by atoms with Crippen molar-refractivity contribution in [3.8, 4) is 0 Å². The first-order valence-corrected chi connectivity index (χ1v) is 7.39. The number of carbonyl (C=O) groups is 1. The first-order chi connectivity index (χ1) is 7.89. The lowest BCUT2D eigenvalue weighted by atomic mass is 10.0. The second kappa shape index (κ2) is 5.79. The van der Waals surface area contributed by atoms with Crippen molar-refractivity contribution < 1.29 is 23.4 Å². The van der Waals surface area contributed by atoms with E-state index >= 15 is 0 Å². The Hall–Kier alpha value is -0.660. The lowest BCUT2D eigenvalue weighted by Gasteiger charge is -2.27. The van der Waals surface area contributed by atoms with Crippen molar-refractivity contribution >= 4 is 16.0 Å². The number of rotatable bonds is 7. The van der Waals surface area contributed by atoms with Crippen molar-refractivity contribution in [3.05, 3.63) is 0 Å². The summed E-state index contributed by atoms with van der Waals surface area (Å²) in [6.07, 6.45) is 3.01. The highest BCUT2D eigenvalue weighted by atomic mass is 32.2. The molecular weight excluding hydrogens is 246 g/mol. The van der Waals surface area contributed by atoms with Crippen LogP contribution in [0.4, 0.5) is 0 Å². The van der Waals surface area contributed by atoms with E-state index in [1.807, 2.05) is 0 Å². The maximum absolute atomic E-state index is 11.7. The van der Waals surface area contributed by atoms with Gasteiger partial charge in [-0.2, -0.15) is 0 Å². The van der Waals surface area contributed by atoms with Gasteiger partial charge in [0.15, 0.2) is 0 Å². The normalized spacial score (nSPS) is 19.4. The maximum atomic E-state index is 11.7. The molecule has 0 atom stereocenters. The second-order valence-electron chi connectivity index (χ2n) is 4.56. The molecule has 0 spiro atoms. The Bertz CT molecular complexity index is 359. The van der Waals surface area contributed by atoms with Crippen LogP contribution in [0, 0.1) is 0 Å². The minimum Gasteiger partial charge on any atom is -0.481 e. The molecule has 3 N–H and O–H groups in total. The molecule has 1 aliphatic carbocycles. The number of nitrogens with one attached hydrogen (secondary N) is 1. The first kappa shape index (κ1) is 14.4. The molecule has 7 heteroatoms. The van der Waals surface area contributed by atoms with E-state index in [2.05, 4.69) is 4.72 Å². The Balaban J connectivity index is 2.50. The third-order valence-corrected chi connectivity index (χ3v) is 4.61. The molecule has 6 nitrogen and oxygen atoms in total. The van der Waals surface area contributed by atoms with Gasteiger partial charge >= 0.3 is 5.97 Å². The van der Waals surface area contributed by atoms with Gasteiger partial charge in [0.25, 0.3) is 0 Å². The standard InChI is InChI=1S/C10H19NO5S/c12-8-10(5-1-2-6-10)11-17(15,16)7-3-4-9(13)14/h11-12H,1-8H2,(H,13,14). The van der Waals surface area contributed by atoms with Crippen molar-refractivity contribution in [2.75, 3.05) is 12.4 Å². The second-order valence-corrected chi connectivity index (χ2v) is 6.41. The number of sulfonamides is 1. The SMILES string of the molecule is O=C(O)CCCS(=O)(=O)NC1(CO)CCCC1. The summed E-state index contributed by atoms with van der Waals surface area (Å²) in [6, 6.07) is 0. The molecule has 0 radical (unpaired) electrons. The molecule has 1 aliphatic rings. The molecule has 0 heterocycles. The summed E-state index contributed by atoms with van der Waals surface area (Å²) in [5.41, 5.74) is -0.720. The zero-order valence-corrected chi connectivity index (χ0v) is 10.5. The van der Waals surface area contributed by atoms with E-state index in [4.69, 9.17) is 5.11 Å². The van der Waals surface area contributed by atoms with Gasteiger partial charge in [-0.05, 0) is 19.3 Å². The fourth-order valence-corrected chi connectivity index (χ4v) is 3.69. The number of aliphatic hydroxyl groups excluding tert-OH is 1. The molecule has 0 aromatic carbocycles. The van der Waals surface area contributed by atoms with Gasteiger partial charge in [0.05, 0.1) is 17.9 Å². The van der Waals surface area contributed by atoms with Crippen LogP contribution in [0.3, 0.4) is 0 Å². The molecule has 1 rings (SSSR count). The zero-order valence-electron chi connectivity index (χ0n) is 9.68. The Morgan fingerprint density at radius 1 is 1.29 bits per heavy atom. The van der Waals surface area contributed by atoms with Gasteiger partial charge in [0, 0.05) is 6.42 Å². The molecule has 1 fully saturated rings. The van der Waals surface area contributed by atoms with Gasteiger partial charge in [-0.25, -0.2) is 13.1 Å². The molecule has 0 saturated heterocycles. The largest absolute Gasteiger partial charge is 0.481 e. The average Bonchev–Trinajstić information content (AvgIpc) is 2.65. The predicted octanol–water partition coefficient (Wildman–Crippen LogP) is 0.0757. The van der Waals surface area contributed by atoms with Crippen LogP contribution in [0.25, 0.3) is 0 Å².